The number of para-hydroxylation sites is 1. The van der Waals surface area contributed by atoms with Crippen LogP contribution in [-0.4, -0.2) is 51.2 Å². The molecule has 138 valence electrons. The van der Waals surface area contributed by atoms with Gasteiger partial charge in [0, 0.05) is 31.7 Å². The molecule has 0 aliphatic carbocycles. The van der Waals surface area contributed by atoms with Crippen molar-refractivity contribution in [2.75, 3.05) is 45.3 Å². The molecule has 0 radical (unpaired) electrons. The molecule has 1 heterocycles. The molecule has 1 aliphatic heterocycles. The number of amides is 1. The van der Waals surface area contributed by atoms with E-state index in [4.69, 9.17) is 32.7 Å². The van der Waals surface area contributed by atoms with Crippen molar-refractivity contribution in [2.24, 2.45) is 0 Å². The molecule has 0 atom stereocenters. The molecule has 2 aromatic rings. The van der Waals surface area contributed by atoms with Gasteiger partial charge in [-0.1, -0.05) is 29.3 Å². The first-order valence-corrected chi connectivity index (χ1v) is 9.01. The quantitative estimate of drug-likeness (QED) is 0.786. The van der Waals surface area contributed by atoms with Crippen LogP contribution in [0.2, 0.25) is 10.0 Å². The number of nitrogens with zero attached hydrogens (tertiary/aromatic N) is 2. The van der Waals surface area contributed by atoms with Crippen molar-refractivity contribution in [3.63, 3.8) is 0 Å². The summed E-state index contributed by atoms with van der Waals surface area (Å²) in [5.74, 6) is 1.11. The molecule has 0 N–H and O–H groups in total. The van der Waals surface area contributed by atoms with Gasteiger partial charge in [0.2, 0.25) is 0 Å². The van der Waals surface area contributed by atoms with Gasteiger partial charge in [0.25, 0.3) is 5.91 Å². The van der Waals surface area contributed by atoms with E-state index in [0.717, 1.165) is 5.69 Å². The monoisotopic (exact) mass is 394 g/mol. The Bertz CT molecular complexity index is 785. The molecule has 0 bridgehead atoms. The Morgan fingerprint density at radius 3 is 2.12 bits per heavy atom. The van der Waals surface area contributed by atoms with Crippen molar-refractivity contribution in [1.29, 1.82) is 0 Å². The van der Waals surface area contributed by atoms with Gasteiger partial charge in [-0.05, 0) is 30.3 Å². The minimum absolute atomic E-state index is 0.0316. The van der Waals surface area contributed by atoms with Crippen LogP contribution in [0.1, 0.15) is 10.4 Å². The fourth-order valence-corrected chi connectivity index (χ4v) is 3.71. The van der Waals surface area contributed by atoms with Crippen molar-refractivity contribution in [3.05, 3.63) is 52.0 Å². The standard InChI is InChI=1S/C19H20Cl2N2O3/c1-25-16-7-6-13(12-17(16)26-2)19(24)23-10-8-22(9-11-23)18-14(20)4-3-5-15(18)21/h3-7,12H,8-11H2,1-2H3. The molecule has 1 amide bonds. The van der Waals surface area contributed by atoms with Crippen LogP contribution in [0.25, 0.3) is 0 Å². The fraction of sp³-hybridized carbons (Fsp3) is 0.316. The zero-order valence-electron chi connectivity index (χ0n) is 14.7. The van der Waals surface area contributed by atoms with Crippen molar-refractivity contribution in [1.82, 2.24) is 4.90 Å². The van der Waals surface area contributed by atoms with Crippen molar-refractivity contribution in [2.45, 2.75) is 0 Å². The Hall–Kier alpha value is -2.11. The van der Waals surface area contributed by atoms with Gasteiger partial charge in [-0.15, -0.1) is 0 Å². The highest BCUT2D eigenvalue weighted by Gasteiger charge is 2.25. The zero-order valence-corrected chi connectivity index (χ0v) is 16.2. The Kier molecular flexibility index (Phi) is 5.79. The topological polar surface area (TPSA) is 42.0 Å². The molecular weight excluding hydrogens is 375 g/mol. The lowest BCUT2D eigenvalue weighted by Crippen LogP contribution is -2.49. The zero-order chi connectivity index (χ0) is 18.7. The maximum atomic E-state index is 12.8. The number of ether oxygens (including phenoxy) is 2. The summed E-state index contributed by atoms with van der Waals surface area (Å²) in [6, 6.07) is 10.7. The molecule has 0 unspecified atom stereocenters. The summed E-state index contributed by atoms with van der Waals surface area (Å²) >= 11 is 12.6. The number of rotatable bonds is 4. The lowest BCUT2D eigenvalue weighted by molar-refractivity contribution is 0.0746. The van der Waals surface area contributed by atoms with Crippen LogP contribution in [0.4, 0.5) is 5.69 Å². The smallest absolute Gasteiger partial charge is 0.254 e. The summed E-state index contributed by atoms with van der Waals surface area (Å²) in [4.78, 5) is 16.7. The van der Waals surface area contributed by atoms with Crippen LogP contribution < -0.4 is 14.4 Å². The molecule has 0 saturated carbocycles. The second kappa shape index (κ2) is 8.06. The molecule has 0 spiro atoms. The maximum absolute atomic E-state index is 12.8. The normalized spacial score (nSPS) is 14.3. The third kappa shape index (κ3) is 3.69. The highest BCUT2D eigenvalue weighted by molar-refractivity contribution is 6.39. The predicted molar refractivity (Wildman–Crippen MR) is 104 cm³/mol. The van der Waals surface area contributed by atoms with Gasteiger partial charge in [-0.2, -0.15) is 0 Å². The number of hydrogen-bond donors (Lipinski definition) is 0. The van der Waals surface area contributed by atoms with E-state index in [1.165, 1.54) is 0 Å². The number of halogens is 2. The highest BCUT2D eigenvalue weighted by Crippen LogP contribution is 2.34. The first-order chi connectivity index (χ1) is 12.5. The van der Waals surface area contributed by atoms with Gasteiger partial charge in [0.1, 0.15) is 0 Å². The molecular formula is C19H20Cl2N2O3. The van der Waals surface area contributed by atoms with Gasteiger partial charge in [-0.25, -0.2) is 0 Å². The number of carbonyl (C=O) groups is 1. The summed E-state index contributed by atoms with van der Waals surface area (Å²) in [5, 5.41) is 1.24. The SMILES string of the molecule is COc1ccc(C(=O)N2CCN(c3c(Cl)cccc3Cl)CC2)cc1OC. The van der Waals surface area contributed by atoms with Crippen LogP contribution in [0, 0.1) is 0 Å². The van der Waals surface area contributed by atoms with Gasteiger partial charge in [0.15, 0.2) is 11.5 Å². The first kappa shape index (κ1) is 18.7. The van der Waals surface area contributed by atoms with Crippen LogP contribution in [0.5, 0.6) is 11.5 Å². The van der Waals surface area contributed by atoms with Crippen molar-refractivity contribution < 1.29 is 14.3 Å². The molecule has 5 nitrogen and oxygen atoms in total. The summed E-state index contributed by atoms with van der Waals surface area (Å²) in [6.07, 6.45) is 0. The Morgan fingerprint density at radius 2 is 1.54 bits per heavy atom. The van der Waals surface area contributed by atoms with Gasteiger partial charge >= 0.3 is 0 Å². The molecule has 1 saturated heterocycles. The van der Waals surface area contributed by atoms with Crippen LogP contribution in [0.3, 0.4) is 0 Å². The van der Waals surface area contributed by atoms with E-state index in [0.29, 0.717) is 53.3 Å². The molecule has 3 rings (SSSR count). The van der Waals surface area contributed by atoms with E-state index in [2.05, 4.69) is 4.90 Å². The molecule has 1 fully saturated rings. The minimum atomic E-state index is -0.0316. The lowest BCUT2D eigenvalue weighted by atomic mass is 10.1. The minimum Gasteiger partial charge on any atom is -0.493 e. The summed E-state index contributed by atoms with van der Waals surface area (Å²) in [6.45, 7) is 2.52. The summed E-state index contributed by atoms with van der Waals surface area (Å²) in [7, 11) is 3.12. The van der Waals surface area contributed by atoms with Gasteiger partial charge in [-0.3, -0.25) is 4.79 Å². The molecule has 7 heteroatoms. The van der Waals surface area contributed by atoms with Gasteiger partial charge < -0.3 is 19.3 Å². The summed E-state index contributed by atoms with van der Waals surface area (Å²) < 4.78 is 10.5. The van der Waals surface area contributed by atoms with Crippen LogP contribution in [0.15, 0.2) is 36.4 Å². The lowest BCUT2D eigenvalue weighted by Gasteiger charge is -2.37. The third-order valence-electron chi connectivity index (χ3n) is 4.45. The Morgan fingerprint density at radius 1 is 0.923 bits per heavy atom. The van der Waals surface area contributed by atoms with E-state index >= 15 is 0 Å². The number of anilines is 1. The van der Waals surface area contributed by atoms with E-state index in [9.17, 15) is 4.79 Å². The van der Waals surface area contributed by atoms with E-state index < -0.39 is 0 Å². The number of carbonyl (C=O) groups excluding carboxylic acids is 1. The highest BCUT2D eigenvalue weighted by atomic mass is 35.5. The first-order valence-electron chi connectivity index (χ1n) is 8.25. The summed E-state index contributed by atoms with van der Waals surface area (Å²) in [5.41, 5.74) is 1.40. The second-order valence-corrected chi connectivity index (χ2v) is 6.73. The molecule has 1 aliphatic rings. The van der Waals surface area contributed by atoms with E-state index in [1.54, 1.807) is 32.4 Å². The largest absolute Gasteiger partial charge is 0.493 e. The predicted octanol–water partition coefficient (Wildman–Crippen LogP) is 3.97. The van der Waals surface area contributed by atoms with Crippen LogP contribution in [-0.2, 0) is 0 Å². The molecule has 2 aromatic carbocycles. The number of hydrogen-bond acceptors (Lipinski definition) is 4. The Balaban J connectivity index is 1.71. The number of methoxy groups -OCH3 is 2. The maximum Gasteiger partial charge on any atom is 0.254 e. The molecule has 26 heavy (non-hydrogen) atoms. The van der Waals surface area contributed by atoms with E-state index in [-0.39, 0.29) is 5.91 Å². The van der Waals surface area contributed by atoms with Crippen molar-refractivity contribution in [3.8, 4) is 11.5 Å². The third-order valence-corrected chi connectivity index (χ3v) is 5.06. The average molecular weight is 395 g/mol. The molecule has 0 aromatic heterocycles. The van der Waals surface area contributed by atoms with Crippen LogP contribution >= 0.6 is 23.2 Å². The van der Waals surface area contributed by atoms with Gasteiger partial charge in [0.05, 0.1) is 30.0 Å². The number of piperazine rings is 1. The van der Waals surface area contributed by atoms with E-state index in [1.807, 2.05) is 23.1 Å². The number of benzene rings is 2. The van der Waals surface area contributed by atoms with Crippen molar-refractivity contribution >= 4 is 34.8 Å². The Labute approximate surface area is 163 Å². The second-order valence-electron chi connectivity index (χ2n) is 5.92. The fourth-order valence-electron chi connectivity index (χ4n) is 3.08. The average Bonchev–Trinajstić information content (AvgIpc) is 2.67.